The number of nitrogens with two attached hydrogens (primary N) is 1. The van der Waals surface area contributed by atoms with Gasteiger partial charge in [-0.05, 0) is 43.0 Å². The fourth-order valence-electron chi connectivity index (χ4n) is 2.46. The zero-order valence-corrected chi connectivity index (χ0v) is 12.3. The summed E-state index contributed by atoms with van der Waals surface area (Å²) in [6.07, 6.45) is 3.06. The molecule has 0 atom stereocenters. The summed E-state index contributed by atoms with van der Waals surface area (Å²) in [5.41, 5.74) is 8.32. The summed E-state index contributed by atoms with van der Waals surface area (Å²) in [4.78, 5) is 13.8. The van der Waals surface area contributed by atoms with Crippen molar-refractivity contribution in [1.82, 2.24) is 0 Å². The molecule has 2 N–H and O–H groups in total. The molecule has 0 radical (unpaired) electrons. The van der Waals surface area contributed by atoms with Crippen molar-refractivity contribution < 1.29 is 4.79 Å². The van der Waals surface area contributed by atoms with Crippen molar-refractivity contribution in [2.45, 2.75) is 19.3 Å². The molecule has 1 aromatic carbocycles. The quantitative estimate of drug-likeness (QED) is 0.837. The van der Waals surface area contributed by atoms with Crippen LogP contribution in [0.1, 0.15) is 32.8 Å². The van der Waals surface area contributed by atoms with Gasteiger partial charge < -0.3 is 5.73 Å². The predicted molar refractivity (Wildman–Crippen MR) is 80.7 cm³/mol. The fraction of sp³-hybridized carbons (Fsp3) is 0.214. The Morgan fingerprint density at radius 1 is 1.21 bits per heavy atom. The second-order valence-corrected chi connectivity index (χ2v) is 6.51. The molecule has 5 heteroatoms. The van der Waals surface area contributed by atoms with Gasteiger partial charge in [0.1, 0.15) is 0 Å². The van der Waals surface area contributed by atoms with Gasteiger partial charge in [-0.25, -0.2) is 0 Å². The molecule has 3 rings (SSSR count). The van der Waals surface area contributed by atoms with E-state index in [1.165, 1.54) is 16.2 Å². The smallest absolute Gasteiger partial charge is 0.196 e. The molecule has 1 heterocycles. The molecule has 0 aliphatic heterocycles. The highest BCUT2D eigenvalue weighted by molar-refractivity contribution is 7.16. The molecule has 0 amide bonds. The largest absolute Gasteiger partial charge is 0.390 e. The van der Waals surface area contributed by atoms with Crippen molar-refractivity contribution in [3.05, 3.63) is 49.8 Å². The Hall–Kier alpha value is -1.03. The summed E-state index contributed by atoms with van der Waals surface area (Å²) >= 11 is 13.4. The maximum atomic E-state index is 12.6. The first kappa shape index (κ1) is 13.0. The van der Waals surface area contributed by atoms with Crippen LogP contribution in [0.4, 0.5) is 5.00 Å². The molecule has 98 valence electrons. The van der Waals surface area contributed by atoms with Gasteiger partial charge in [0.2, 0.25) is 0 Å². The molecule has 0 saturated carbocycles. The third-order valence-corrected chi connectivity index (χ3v) is 5.22. The molecular formula is C14H11Cl2NOS. The number of benzene rings is 1. The van der Waals surface area contributed by atoms with Crippen molar-refractivity contribution in [2.75, 3.05) is 5.73 Å². The highest BCUT2D eigenvalue weighted by Gasteiger charge is 2.26. The Morgan fingerprint density at radius 2 is 2.00 bits per heavy atom. The first-order valence-corrected chi connectivity index (χ1v) is 7.55. The molecule has 2 aromatic rings. The van der Waals surface area contributed by atoms with E-state index in [0.717, 1.165) is 24.8 Å². The molecule has 19 heavy (non-hydrogen) atoms. The number of carbonyl (C=O) groups is 1. The molecule has 2 nitrogen and oxygen atoms in total. The first-order valence-electron chi connectivity index (χ1n) is 5.97. The molecule has 1 aromatic heterocycles. The monoisotopic (exact) mass is 311 g/mol. The average molecular weight is 312 g/mol. The highest BCUT2D eigenvalue weighted by atomic mass is 35.5. The number of rotatable bonds is 2. The number of hydrogen-bond acceptors (Lipinski definition) is 3. The van der Waals surface area contributed by atoms with E-state index in [-0.39, 0.29) is 5.78 Å². The van der Waals surface area contributed by atoms with Crippen molar-refractivity contribution in [1.29, 1.82) is 0 Å². The zero-order valence-electron chi connectivity index (χ0n) is 10.0. The van der Waals surface area contributed by atoms with Crippen LogP contribution in [0.3, 0.4) is 0 Å². The van der Waals surface area contributed by atoms with Crippen LogP contribution in [0.5, 0.6) is 0 Å². The minimum Gasteiger partial charge on any atom is -0.390 e. The van der Waals surface area contributed by atoms with Crippen molar-refractivity contribution in [2.24, 2.45) is 0 Å². The number of fused-ring (bicyclic) bond motifs is 1. The topological polar surface area (TPSA) is 43.1 Å². The van der Waals surface area contributed by atoms with Gasteiger partial charge >= 0.3 is 0 Å². The molecule has 1 aliphatic rings. The van der Waals surface area contributed by atoms with Crippen molar-refractivity contribution in [3.8, 4) is 0 Å². The Labute approximate surface area is 125 Å². The van der Waals surface area contributed by atoms with Crippen LogP contribution in [0.2, 0.25) is 10.0 Å². The lowest BCUT2D eigenvalue weighted by Gasteiger charge is -2.04. The minimum atomic E-state index is -0.0598. The van der Waals surface area contributed by atoms with Crippen LogP contribution in [-0.2, 0) is 12.8 Å². The number of ketones is 1. The Balaban J connectivity index is 2.07. The van der Waals surface area contributed by atoms with Crippen LogP contribution >= 0.6 is 34.5 Å². The van der Waals surface area contributed by atoms with Gasteiger partial charge in [-0.1, -0.05) is 23.2 Å². The van der Waals surface area contributed by atoms with Crippen LogP contribution in [0.25, 0.3) is 0 Å². The summed E-state index contributed by atoms with van der Waals surface area (Å²) in [6.45, 7) is 0. The van der Waals surface area contributed by atoms with Gasteiger partial charge in [-0.2, -0.15) is 0 Å². The fourth-order valence-corrected chi connectivity index (χ4v) is 3.91. The van der Waals surface area contributed by atoms with E-state index in [1.807, 2.05) is 0 Å². The molecule has 0 bridgehead atoms. The SMILES string of the molecule is Nc1sc2c(c1C(=O)c1ccc(Cl)c(Cl)c1)CCC2. The van der Waals surface area contributed by atoms with Gasteiger partial charge in [0.05, 0.1) is 20.6 Å². The third-order valence-electron chi connectivity index (χ3n) is 3.36. The number of aryl methyl sites for hydroxylation is 1. The minimum absolute atomic E-state index is 0.0598. The molecule has 0 unspecified atom stereocenters. The van der Waals surface area contributed by atoms with E-state index >= 15 is 0 Å². The molecule has 0 fully saturated rings. The van der Waals surface area contributed by atoms with E-state index in [0.29, 0.717) is 26.2 Å². The number of anilines is 1. The van der Waals surface area contributed by atoms with Gasteiger partial charge in [-0.3, -0.25) is 4.79 Å². The maximum Gasteiger partial charge on any atom is 0.196 e. The van der Waals surface area contributed by atoms with Crippen molar-refractivity contribution >= 4 is 45.3 Å². The summed E-state index contributed by atoms with van der Waals surface area (Å²) in [7, 11) is 0. The Kier molecular flexibility index (Phi) is 3.29. The van der Waals surface area contributed by atoms with Crippen LogP contribution in [0.15, 0.2) is 18.2 Å². The van der Waals surface area contributed by atoms with Gasteiger partial charge in [0.25, 0.3) is 0 Å². The van der Waals surface area contributed by atoms with Crippen LogP contribution < -0.4 is 5.73 Å². The highest BCUT2D eigenvalue weighted by Crippen LogP contribution is 2.38. The Morgan fingerprint density at radius 3 is 2.74 bits per heavy atom. The lowest BCUT2D eigenvalue weighted by atomic mass is 10.0. The van der Waals surface area contributed by atoms with Gasteiger partial charge in [0.15, 0.2) is 5.78 Å². The first-order chi connectivity index (χ1) is 9.08. The zero-order chi connectivity index (χ0) is 13.6. The van der Waals surface area contributed by atoms with E-state index < -0.39 is 0 Å². The van der Waals surface area contributed by atoms with Crippen molar-refractivity contribution in [3.63, 3.8) is 0 Å². The van der Waals surface area contributed by atoms with E-state index in [4.69, 9.17) is 28.9 Å². The van der Waals surface area contributed by atoms with E-state index in [9.17, 15) is 4.79 Å². The summed E-state index contributed by atoms with van der Waals surface area (Å²) in [6, 6.07) is 4.93. The molecule has 0 saturated heterocycles. The molecule has 1 aliphatic carbocycles. The maximum absolute atomic E-state index is 12.6. The summed E-state index contributed by atoms with van der Waals surface area (Å²) in [5.74, 6) is -0.0598. The number of carbonyl (C=O) groups excluding carboxylic acids is 1. The van der Waals surface area contributed by atoms with Crippen LogP contribution in [0, 0.1) is 0 Å². The number of hydrogen-bond donors (Lipinski definition) is 1. The van der Waals surface area contributed by atoms with Gasteiger partial charge in [0, 0.05) is 10.4 Å². The molecular weight excluding hydrogens is 301 g/mol. The van der Waals surface area contributed by atoms with Gasteiger partial charge in [-0.15, -0.1) is 11.3 Å². The lowest BCUT2D eigenvalue weighted by molar-refractivity contribution is 0.103. The third kappa shape index (κ3) is 2.16. The standard InChI is InChI=1S/C14H11Cl2NOS/c15-9-5-4-7(6-10(9)16)13(18)12-8-2-1-3-11(8)19-14(12)17/h4-6H,1-3,17H2. The normalized spacial score (nSPS) is 13.6. The number of thiophene rings is 1. The Bertz CT molecular complexity index is 678. The van der Waals surface area contributed by atoms with E-state index in [1.54, 1.807) is 18.2 Å². The predicted octanol–water partition coefficient (Wildman–Crippen LogP) is 4.36. The van der Waals surface area contributed by atoms with E-state index in [2.05, 4.69) is 0 Å². The second kappa shape index (κ2) is 4.82. The van der Waals surface area contributed by atoms with Crippen LogP contribution in [-0.4, -0.2) is 5.78 Å². The molecule has 0 spiro atoms. The summed E-state index contributed by atoms with van der Waals surface area (Å²) < 4.78 is 0. The number of halogens is 2. The second-order valence-electron chi connectivity index (χ2n) is 4.55. The number of nitrogen functional groups attached to an aromatic ring is 1. The lowest BCUT2D eigenvalue weighted by Crippen LogP contribution is -2.05. The summed E-state index contributed by atoms with van der Waals surface area (Å²) in [5, 5.41) is 1.44. The average Bonchev–Trinajstić information content (AvgIpc) is 2.91.